The maximum absolute atomic E-state index is 5.78. The van der Waals surface area contributed by atoms with Crippen molar-refractivity contribution in [1.82, 2.24) is 0 Å². The number of benzene rings is 1. The highest BCUT2D eigenvalue weighted by molar-refractivity contribution is 9.11. The molecule has 0 saturated heterocycles. The SMILES string of the molecule is CC(C)(C)c1cc(Br)cc(Br)c1OCCBr. The summed E-state index contributed by atoms with van der Waals surface area (Å²) in [6, 6.07) is 4.13. The van der Waals surface area contributed by atoms with Gasteiger partial charge in [-0.15, -0.1) is 0 Å². The minimum absolute atomic E-state index is 0.0634. The molecule has 0 unspecified atom stereocenters. The van der Waals surface area contributed by atoms with Crippen molar-refractivity contribution in [3.05, 3.63) is 26.6 Å². The highest BCUT2D eigenvalue weighted by Crippen LogP contribution is 2.39. The lowest BCUT2D eigenvalue weighted by molar-refractivity contribution is 0.332. The van der Waals surface area contributed by atoms with Crippen LogP contribution in [0.3, 0.4) is 0 Å². The second-order valence-electron chi connectivity index (χ2n) is 4.55. The van der Waals surface area contributed by atoms with Crippen molar-refractivity contribution < 1.29 is 4.74 Å². The molecule has 1 nitrogen and oxygen atoms in total. The van der Waals surface area contributed by atoms with Crippen molar-refractivity contribution in [2.45, 2.75) is 26.2 Å². The van der Waals surface area contributed by atoms with Gasteiger partial charge in [-0.1, -0.05) is 52.6 Å². The van der Waals surface area contributed by atoms with Crippen LogP contribution in [0.15, 0.2) is 21.1 Å². The molecule has 0 saturated carbocycles. The molecule has 0 aromatic heterocycles. The van der Waals surface area contributed by atoms with Crippen LogP contribution in [0.5, 0.6) is 5.75 Å². The van der Waals surface area contributed by atoms with E-state index in [-0.39, 0.29) is 5.41 Å². The molecule has 0 aliphatic rings. The molecule has 0 fully saturated rings. The number of hydrogen-bond donors (Lipinski definition) is 0. The Kier molecular flexibility index (Phi) is 5.33. The van der Waals surface area contributed by atoms with Crippen molar-refractivity contribution in [3.8, 4) is 5.75 Å². The van der Waals surface area contributed by atoms with Gasteiger partial charge < -0.3 is 4.74 Å². The third-order valence-electron chi connectivity index (χ3n) is 2.14. The van der Waals surface area contributed by atoms with Gasteiger partial charge >= 0.3 is 0 Å². The van der Waals surface area contributed by atoms with Gasteiger partial charge in [0.2, 0.25) is 0 Å². The minimum Gasteiger partial charge on any atom is -0.491 e. The summed E-state index contributed by atoms with van der Waals surface area (Å²) in [5.74, 6) is 0.940. The second-order valence-corrected chi connectivity index (χ2v) is 7.11. The van der Waals surface area contributed by atoms with Crippen molar-refractivity contribution in [1.29, 1.82) is 0 Å². The molecule has 16 heavy (non-hydrogen) atoms. The summed E-state index contributed by atoms with van der Waals surface area (Å²) in [6.07, 6.45) is 0. The number of hydrogen-bond acceptors (Lipinski definition) is 1. The molecule has 0 aliphatic heterocycles. The standard InChI is InChI=1S/C12H15Br3O/c1-12(2,3)9-6-8(14)7-10(15)11(9)16-5-4-13/h6-7H,4-5H2,1-3H3. The third-order valence-corrected chi connectivity index (χ3v) is 3.51. The fourth-order valence-corrected chi connectivity index (χ4v) is 2.91. The van der Waals surface area contributed by atoms with E-state index in [1.165, 1.54) is 5.56 Å². The van der Waals surface area contributed by atoms with E-state index in [0.29, 0.717) is 6.61 Å². The summed E-state index contributed by atoms with van der Waals surface area (Å²) < 4.78 is 7.84. The fraction of sp³-hybridized carbons (Fsp3) is 0.500. The Balaban J connectivity index is 3.21. The van der Waals surface area contributed by atoms with Gasteiger partial charge in [0.15, 0.2) is 0 Å². The fourth-order valence-electron chi connectivity index (χ4n) is 1.40. The highest BCUT2D eigenvalue weighted by atomic mass is 79.9. The predicted octanol–water partition coefficient (Wildman–Crippen LogP) is 5.28. The Bertz CT molecular complexity index is 369. The van der Waals surface area contributed by atoms with Gasteiger partial charge in [-0.3, -0.25) is 0 Å². The molecule has 0 heterocycles. The summed E-state index contributed by atoms with van der Waals surface area (Å²) >= 11 is 10.4. The van der Waals surface area contributed by atoms with Crippen molar-refractivity contribution >= 4 is 47.8 Å². The summed E-state index contributed by atoms with van der Waals surface area (Å²) in [4.78, 5) is 0. The zero-order valence-corrected chi connectivity index (χ0v) is 14.4. The molecule has 0 aliphatic carbocycles. The Morgan fingerprint density at radius 1 is 1.19 bits per heavy atom. The van der Waals surface area contributed by atoms with Crippen LogP contribution in [0.1, 0.15) is 26.3 Å². The van der Waals surface area contributed by atoms with E-state index in [2.05, 4.69) is 74.6 Å². The van der Waals surface area contributed by atoms with E-state index in [9.17, 15) is 0 Å². The van der Waals surface area contributed by atoms with E-state index in [1.807, 2.05) is 6.07 Å². The van der Waals surface area contributed by atoms with Crippen LogP contribution in [0.25, 0.3) is 0 Å². The summed E-state index contributed by atoms with van der Waals surface area (Å²) in [6.45, 7) is 7.22. The molecular formula is C12H15Br3O. The van der Waals surface area contributed by atoms with Gasteiger partial charge in [0.1, 0.15) is 5.75 Å². The first-order chi connectivity index (χ1) is 7.36. The van der Waals surface area contributed by atoms with Gasteiger partial charge in [0.25, 0.3) is 0 Å². The van der Waals surface area contributed by atoms with E-state index in [0.717, 1.165) is 20.0 Å². The maximum atomic E-state index is 5.78. The quantitative estimate of drug-likeness (QED) is 0.611. The van der Waals surface area contributed by atoms with Crippen molar-refractivity contribution in [2.75, 3.05) is 11.9 Å². The highest BCUT2D eigenvalue weighted by Gasteiger charge is 2.21. The first-order valence-corrected chi connectivity index (χ1v) is 7.75. The molecule has 0 bridgehead atoms. The number of ether oxygens (including phenoxy) is 1. The normalized spacial score (nSPS) is 11.6. The molecule has 90 valence electrons. The Morgan fingerprint density at radius 2 is 1.81 bits per heavy atom. The Morgan fingerprint density at radius 3 is 2.31 bits per heavy atom. The topological polar surface area (TPSA) is 9.23 Å². The van der Waals surface area contributed by atoms with E-state index < -0.39 is 0 Å². The molecule has 0 radical (unpaired) electrons. The summed E-state index contributed by atoms with van der Waals surface area (Å²) in [5, 5.41) is 0.832. The van der Waals surface area contributed by atoms with Gasteiger partial charge in [-0.2, -0.15) is 0 Å². The van der Waals surface area contributed by atoms with Crippen LogP contribution < -0.4 is 4.74 Å². The zero-order chi connectivity index (χ0) is 12.3. The first-order valence-electron chi connectivity index (χ1n) is 5.04. The average molecular weight is 415 g/mol. The summed E-state index contributed by atoms with van der Waals surface area (Å²) in [5.41, 5.74) is 1.27. The molecule has 0 atom stereocenters. The van der Waals surface area contributed by atoms with Crippen LogP contribution in [0.4, 0.5) is 0 Å². The number of rotatable bonds is 3. The van der Waals surface area contributed by atoms with Gasteiger partial charge in [0, 0.05) is 15.4 Å². The molecule has 1 rings (SSSR count). The molecule has 1 aromatic rings. The Hall–Kier alpha value is 0.460. The lowest BCUT2D eigenvalue weighted by Crippen LogP contribution is -2.14. The lowest BCUT2D eigenvalue weighted by atomic mass is 9.86. The largest absolute Gasteiger partial charge is 0.491 e. The third kappa shape index (κ3) is 3.74. The second kappa shape index (κ2) is 5.87. The molecule has 0 amide bonds. The van der Waals surface area contributed by atoms with Crippen molar-refractivity contribution in [2.24, 2.45) is 0 Å². The molecule has 0 N–H and O–H groups in total. The van der Waals surface area contributed by atoms with Crippen LogP contribution in [-0.2, 0) is 5.41 Å². The van der Waals surface area contributed by atoms with Crippen LogP contribution in [0.2, 0.25) is 0 Å². The number of alkyl halides is 1. The molecule has 1 aromatic carbocycles. The van der Waals surface area contributed by atoms with Gasteiger partial charge in [-0.05, 0) is 33.5 Å². The van der Waals surface area contributed by atoms with Gasteiger partial charge in [-0.25, -0.2) is 0 Å². The van der Waals surface area contributed by atoms with Crippen LogP contribution in [-0.4, -0.2) is 11.9 Å². The molecular weight excluding hydrogens is 400 g/mol. The van der Waals surface area contributed by atoms with Crippen LogP contribution in [0, 0.1) is 0 Å². The lowest BCUT2D eigenvalue weighted by Gasteiger charge is -2.24. The van der Waals surface area contributed by atoms with E-state index in [1.54, 1.807) is 0 Å². The molecule has 4 heteroatoms. The number of halogens is 3. The Labute approximate surface area is 122 Å². The minimum atomic E-state index is 0.0634. The maximum Gasteiger partial charge on any atom is 0.137 e. The van der Waals surface area contributed by atoms with Crippen molar-refractivity contribution in [3.63, 3.8) is 0 Å². The monoisotopic (exact) mass is 412 g/mol. The van der Waals surface area contributed by atoms with Crippen LogP contribution >= 0.6 is 47.8 Å². The zero-order valence-electron chi connectivity index (χ0n) is 9.61. The average Bonchev–Trinajstić information content (AvgIpc) is 2.14. The van der Waals surface area contributed by atoms with E-state index >= 15 is 0 Å². The first kappa shape index (κ1) is 14.5. The summed E-state index contributed by atoms with van der Waals surface area (Å²) in [7, 11) is 0. The van der Waals surface area contributed by atoms with E-state index in [4.69, 9.17) is 4.74 Å². The smallest absolute Gasteiger partial charge is 0.137 e. The predicted molar refractivity (Wildman–Crippen MR) is 79.8 cm³/mol. The van der Waals surface area contributed by atoms with Gasteiger partial charge in [0.05, 0.1) is 11.1 Å². The molecule has 0 spiro atoms.